The monoisotopic (exact) mass is 334 g/mol. The first kappa shape index (κ1) is 19.3. The standard InChI is InChI=1S/C24H30O/c1-6-23(25)15-13-20-12-14-22(17-19(20)5)24(7-2,8-3)21-11-9-10-18(4)16-21/h9-12,14,16-17,23,25H,6-8H2,1-5H3. The Kier molecular flexibility index (Phi) is 6.45. The Morgan fingerprint density at radius 1 is 0.960 bits per heavy atom. The minimum absolute atomic E-state index is 0.0334. The predicted molar refractivity (Wildman–Crippen MR) is 107 cm³/mol. The van der Waals surface area contributed by atoms with Crippen LogP contribution in [-0.4, -0.2) is 11.2 Å². The van der Waals surface area contributed by atoms with E-state index < -0.39 is 6.10 Å². The number of aliphatic hydroxyl groups is 1. The van der Waals surface area contributed by atoms with Crippen LogP contribution in [0.4, 0.5) is 0 Å². The normalized spacial score (nSPS) is 12.4. The maximum Gasteiger partial charge on any atom is 0.114 e. The highest BCUT2D eigenvalue weighted by Crippen LogP contribution is 2.39. The fraction of sp³-hybridized carbons (Fsp3) is 0.417. The van der Waals surface area contributed by atoms with Gasteiger partial charge in [-0.3, -0.25) is 0 Å². The molecule has 1 unspecified atom stereocenters. The molecule has 0 aliphatic heterocycles. The van der Waals surface area contributed by atoms with Gasteiger partial charge in [0, 0.05) is 11.0 Å². The lowest BCUT2D eigenvalue weighted by molar-refractivity contribution is 0.228. The Bertz CT molecular complexity index is 772. The summed E-state index contributed by atoms with van der Waals surface area (Å²) in [6.07, 6.45) is 2.24. The molecule has 2 aromatic carbocycles. The molecule has 0 saturated heterocycles. The van der Waals surface area contributed by atoms with Gasteiger partial charge in [0.1, 0.15) is 6.10 Å². The molecule has 0 bridgehead atoms. The maximum absolute atomic E-state index is 9.67. The molecule has 0 fully saturated rings. The summed E-state index contributed by atoms with van der Waals surface area (Å²) in [5.74, 6) is 6.05. The molecule has 1 heteroatoms. The lowest BCUT2D eigenvalue weighted by Gasteiger charge is -2.34. The fourth-order valence-electron chi connectivity index (χ4n) is 3.54. The van der Waals surface area contributed by atoms with Crippen molar-refractivity contribution in [2.75, 3.05) is 0 Å². The third-order valence-electron chi connectivity index (χ3n) is 5.32. The number of benzene rings is 2. The van der Waals surface area contributed by atoms with Gasteiger partial charge in [0.2, 0.25) is 0 Å². The number of rotatable bonds is 5. The maximum atomic E-state index is 9.67. The van der Waals surface area contributed by atoms with Crippen LogP contribution in [0.3, 0.4) is 0 Å². The Hall–Kier alpha value is -2.04. The van der Waals surface area contributed by atoms with Crippen LogP contribution >= 0.6 is 0 Å². The van der Waals surface area contributed by atoms with E-state index in [1.165, 1.54) is 22.3 Å². The highest BCUT2D eigenvalue weighted by atomic mass is 16.3. The average molecular weight is 335 g/mol. The number of aliphatic hydroxyl groups excluding tert-OH is 1. The second-order valence-electron chi connectivity index (χ2n) is 6.88. The van der Waals surface area contributed by atoms with Crippen molar-refractivity contribution in [3.05, 3.63) is 70.3 Å². The molecule has 2 rings (SSSR count). The van der Waals surface area contributed by atoms with Crippen molar-refractivity contribution in [1.82, 2.24) is 0 Å². The summed E-state index contributed by atoms with van der Waals surface area (Å²) in [4.78, 5) is 0. The highest BCUT2D eigenvalue weighted by molar-refractivity contribution is 5.48. The summed E-state index contributed by atoms with van der Waals surface area (Å²) in [6.45, 7) is 10.7. The van der Waals surface area contributed by atoms with E-state index in [1.54, 1.807) is 0 Å². The topological polar surface area (TPSA) is 20.2 Å². The summed E-state index contributed by atoms with van der Waals surface area (Å²) < 4.78 is 0. The summed E-state index contributed by atoms with van der Waals surface area (Å²) in [7, 11) is 0. The molecule has 0 amide bonds. The van der Waals surface area contributed by atoms with Gasteiger partial charge in [-0.25, -0.2) is 0 Å². The first-order valence-electron chi connectivity index (χ1n) is 9.34. The first-order chi connectivity index (χ1) is 12.0. The zero-order chi connectivity index (χ0) is 18.4. The van der Waals surface area contributed by atoms with E-state index in [0.29, 0.717) is 6.42 Å². The molecular weight excluding hydrogens is 304 g/mol. The van der Waals surface area contributed by atoms with Crippen LogP contribution < -0.4 is 0 Å². The molecule has 2 aromatic rings. The fourth-order valence-corrected chi connectivity index (χ4v) is 3.54. The quantitative estimate of drug-likeness (QED) is 0.713. The Morgan fingerprint density at radius 2 is 1.64 bits per heavy atom. The van der Waals surface area contributed by atoms with Crippen LogP contribution in [0.1, 0.15) is 67.9 Å². The van der Waals surface area contributed by atoms with Crippen LogP contribution in [0, 0.1) is 25.7 Å². The summed E-state index contributed by atoms with van der Waals surface area (Å²) in [5, 5.41) is 9.67. The van der Waals surface area contributed by atoms with Crippen LogP contribution in [-0.2, 0) is 5.41 Å². The Labute approximate surface area is 153 Å². The smallest absolute Gasteiger partial charge is 0.114 e. The zero-order valence-electron chi connectivity index (χ0n) is 16.2. The number of hydrogen-bond acceptors (Lipinski definition) is 1. The van der Waals surface area contributed by atoms with Crippen LogP contribution in [0.5, 0.6) is 0 Å². The Morgan fingerprint density at radius 3 is 2.20 bits per heavy atom. The second-order valence-corrected chi connectivity index (χ2v) is 6.88. The molecule has 0 saturated carbocycles. The molecule has 0 aliphatic carbocycles. The molecule has 0 spiro atoms. The summed E-state index contributed by atoms with van der Waals surface area (Å²) in [5.41, 5.74) is 6.25. The lowest BCUT2D eigenvalue weighted by Crippen LogP contribution is -2.26. The SMILES string of the molecule is CCC(O)C#Cc1ccc(C(CC)(CC)c2cccc(C)c2)cc1C. The van der Waals surface area contributed by atoms with E-state index >= 15 is 0 Å². The second kappa shape index (κ2) is 8.37. The van der Waals surface area contributed by atoms with Crippen molar-refractivity contribution in [2.45, 2.75) is 65.4 Å². The molecule has 1 N–H and O–H groups in total. The number of hydrogen-bond donors (Lipinski definition) is 1. The van der Waals surface area contributed by atoms with Gasteiger partial charge in [0.05, 0.1) is 0 Å². The molecule has 0 radical (unpaired) electrons. The lowest BCUT2D eigenvalue weighted by atomic mass is 9.70. The van der Waals surface area contributed by atoms with E-state index in [0.717, 1.165) is 18.4 Å². The molecule has 0 aliphatic rings. The summed E-state index contributed by atoms with van der Waals surface area (Å²) in [6, 6.07) is 15.5. The molecule has 25 heavy (non-hydrogen) atoms. The summed E-state index contributed by atoms with van der Waals surface area (Å²) >= 11 is 0. The van der Waals surface area contributed by atoms with E-state index in [4.69, 9.17) is 0 Å². The van der Waals surface area contributed by atoms with Crippen LogP contribution in [0.25, 0.3) is 0 Å². The third kappa shape index (κ3) is 4.14. The molecule has 132 valence electrons. The van der Waals surface area contributed by atoms with Crippen molar-refractivity contribution in [1.29, 1.82) is 0 Å². The molecule has 0 aromatic heterocycles. The van der Waals surface area contributed by atoms with Crippen LogP contribution in [0.15, 0.2) is 42.5 Å². The van der Waals surface area contributed by atoms with E-state index in [1.807, 2.05) is 6.92 Å². The van der Waals surface area contributed by atoms with Crippen LogP contribution in [0.2, 0.25) is 0 Å². The van der Waals surface area contributed by atoms with E-state index in [9.17, 15) is 5.11 Å². The van der Waals surface area contributed by atoms with Gasteiger partial charge in [0.15, 0.2) is 0 Å². The van der Waals surface area contributed by atoms with E-state index in [2.05, 4.69) is 82.0 Å². The van der Waals surface area contributed by atoms with Crippen molar-refractivity contribution >= 4 is 0 Å². The molecule has 1 atom stereocenters. The van der Waals surface area contributed by atoms with Gasteiger partial charge in [-0.1, -0.05) is 74.6 Å². The van der Waals surface area contributed by atoms with Gasteiger partial charge >= 0.3 is 0 Å². The van der Waals surface area contributed by atoms with Crippen molar-refractivity contribution in [2.24, 2.45) is 0 Å². The third-order valence-corrected chi connectivity index (χ3v) is 5.32. The molecular formula is C24H30O. The van der Waals surface area contributed by atoms with Gasteiger partial charge in [-0.2, -0.15) is 0 Å². The molecule has 1 nitrogen and oxygen atoms in total. The minimum Gasteiger partial charge on any atom is -0.380 e. The highest BCUT2D eigenvalue weighted by Gasteiger charge is 2.30. The van der Waals surface area contributed by atoms with E-state index in [-0.39, 0.29) is 5.41 Å². The molecule has 0 heterocycles. The number of aryl methyl sites for hydroxylation is 2. The zero-order valence-corrected chi connectivity index (χ0v) is 16.2. The minimum atomic E-state index is -0.545. The van der Waals surface area contributed by atoms with Gasteiger partial charge < -0.3 is 5.11 Å². The van der Waals surface area contributed by atoms with Gasteiger partial charge in [0.25, 0.3) is 0 Å². The van der Waals surface area contributed by atoms with Crippen molar-refractivity contribution < 1.29 is 5.11 Å². The van der Waals surface area contributed by atoms with Gasteiger partial charge in [-0.15, -0.1) is 0 Å². The predicted octanol–water partition coefficient (Wildman–Crippen LogP) is 5.53. The van der Waals surface area contributed by atoms with Gasteiger partial charge in [-0.05, 0) is 55.9 Å². The van der Waals surface area contributed by atoms with Crippen molar-refractivity contribution in [3.8, 4) is 11.8 Å². The first-order valence-corrected chi connectivity index (χ1v) is 9.34. The van der Waals surface area contributed by atoms with Crippen molar-refractivity contribution in [3.63, 3.8) is 0 Å². The Balaban J connectivity index is 2.49. The average Bonchev–Trinajstić information content (AvgIpc) is 2.62. The largest absolute Gasteiger partial charge is 0.380 e.